The molecule has 0 saturated heterocycles. The Labute approximate surface area is 204 Å². The molecule has 0 amide bonds. The van der Waals surface area contributed by atoms with Crippen LogP contribution in [0.3, 0.4) is 0 Å². The van der Waals surface area contributed by atoms with Gasteiger partial charge in [-0.2, -0.15) is 0 Å². The first-order valence-electron chi connectivity index (χ1n) is 11.8. The summed E-state index contributed by atoms with van der Waals surface area (Å²) in [5.41, 5.74) is 11.1. The molecule has 35 heavy (non-hydrogen) atoms. The number of rotatable bonds is 7. The van der Waals surface area contributed by atoms with Gasteiger partial charge in [0, 0.05) is 12.2 Å². The molecule has 0 aliphatic rings. The minimum atomic E-state index is -0.139. The molecule has 3 N–H and O–H groups in total. The first-order chi connectivity index (χ1) is 17.1. The minimum Gasteiger partial charge on any atom is -0.507 e. The topological polar surface area (TPSA) is 81.1 Å². The van der Waals surface area contributed by atoms with Gasteiger partial charge in [0.1, 0.15) is 11.6 Å². The van der Waals surface area contributed by atoms with Crippen molar-refractivity contribution in [2.75, 3.05) is 5.73 Å². The quantitative estimate of drug-likeness (QED) is 0.319. The van der Waals surface area contributed by atoms with Crippen LogP contribution in [0.5, 0.6) is 5.75 Å². The number of hydrogen-bond acceptors (Lipinski definition) is 4. The van der Waals surface area contributed by atoms with Gasteiger partial charge in [-0.25, -0.2) is 4.98 Å². The monoisotopic (exact) mass is 461 g/mol. The van der Waals surface area contributed by atoms with E-state index in [1.807, 2.05) is 60.7 Å². The zero-order chi connectivity index (χ0) is 24.2. The molecule has 174 valence electrons. The molecule has 0 fully saturated rings. The fourth-order valence-electron chi connectivity index (χ4n) is 4.53. The van der Waals surface area contributed by atoms with Gasteiger partial charge in [-0.05, 0) is 60.2 Å². The highest BCUT2D eigenvalue weighted by Gasteiger charge is 2.19. The third-order valence-corrected chi connectivity index (χ3v) is 6.39. The Kier molecular flexibility index (Phi) is 6.31. The van der Waals surface area contributed by atoms with Crippen LogP contribution in [0.4, 0.5) is 5.69 Å². The van der Waals surface area contributed by atoms with Gasteiger partial charge < -0.3 is 10.8 Å². The average molecular weight is 462 g/mol. The van der Waals surface area contributed by atoms with Crippen LogP contribution >= 0.6 is 0 Å². The molecule has 1 heterocycles. The molecular weight excluding hydrogens is 434 g/mol. The molecule has 0 saturated carbocycles. The number of nitrogens with zero attached hydrogens (tertiary/aromatic N) is 2. The summed E-state index contributed by atoms with van der Waals surface area (Å²) in [6.07, 6.45) is 2.07. The van der Waals surface area contributed by atoms with Gasteiger partial charge in [0.05, 0.1) is 16.5 Å². The third-order valence-electron chi connectivity index (χ3n) is 6.39. The van der Waals surface area contributed by atoms with Crippen molar-refractivity contribution in [1.82, 2.24) is 9.55 Å². The number of hydrogen-bond donors (Lipinski definition) is 2. The summed E-state index contributed by atoms with van der Waals surface area (Å²) < 4.78 is 1.68. The first kappa shape index (κ1) is 22.4. The van der Waals surface area contributed by atoms with Gasteiger partial charge in [-0.15, -0.1) is 0 Å². The summed E-state index contributed by atoms with van der Waals surface area (Å²) in [5, 5.41) is 11.1. The van der Waals surface area contributed by atoms with Gasteiger partial charge in [0.2, 0.25) is 0 Å². The number of phenols is 1. The van der Waals surface area contributed by atoms with E-state index in [0.29, 0.717) is 47.4 Å². The maximum Gasteiger partial charge on any atom is 0.262 e. The molecule has 4 aromatic carbocycles. The van der Waals surface area contributed by atoms with Crippen molar-refractivity contribution in [2.45, 2.75) is 25.8 Å². The number of para-hydroxylation sites is 1. The van der Waals surface area contributed by atoms with E-state index in [1.165, 1.54) is 5.56 Å². The van der Waals surface area contributed by atoms with Gasteiger partial charge in [0.25, 0.3) is 5.56 Å². The maximum absolute atomic E-state index is 14.0. The summed E-state index contributed by atoms with van der Waals surface area (Å²) in [6.45, 7) is 0.433. The third kappa shape index (κ3) is 4.66. The van der Waals surface area contributed by atoms with Crippen LogP contribution in [0.2, 0.25) is 0 Å². The van der Waals surface area contributed by atoms with Crippen LogP contribution in [0.1, 0.15) is 16.7 Å². The van der Waals surface area contributed by atoms with Crippen LogP contribution < -0.4 is 11.3 Å². The van der Waals surface area contributed by atoms with Crippen molar-refractivity contribution in [3.8, 4) is 17.1 Å². The van der Waals surface area contributed by atoms with Gasteiger partial charge in [-0.1, -0.05) is 72.8 Å². The smallest absolute Gasteiger partial charge is 0.262 e. The van der Waals surface area contributed by atoms with E-state index in [0.717, 1.165) is 17.5 Å². The molecule has 0 spiro atoms. The molecule has 0 bridgehead atoms. The Balaban J connectivity index is 1.65. The van der Waals surface area contributed by atoms with Crippen LogP contribution in [0, 0.1) is 0 Å². The molecule has 0 unspecified atom stereocenters. The number of aryl methyl sites for hydroxylation is 3. The molecule has 5 rings (SSSR count). The van der Waals surface area contributed by atoms with E-state index in [9.17, 15) is 9.90 Å². The molecule has 5 aromatic rings. The van der Waals surface area contributed by atoms with Crippen molar-refractivity contribution in [2.24, 2.45) is 0 Å². The number of aromatic hydroxyl groups is 1. The van der Waals surface area contributed by atoms with E-state index >= 15 is 0 Å². The minimum absolute atomic E-state index is 0.0898. The van der Waals surface area contributed by atoms with Crippen molar-refractivity contribution < 1.29 is 5.11 Å². The number of nitrogens with two attached hydrogens (primary N) is 1. The van der Waals surface area contributed by atoms with E-state index in [-0.39, 0.29) is 11.3 Å². The largest absolute Gasteiger partial charge is 0.507 e. The second kappa shape index (κ2) is 9.85. The molecule has 5 nitrogen and oxygen atoms in total. The zero-order valence-corrected chi connectivity index (χ0v) is 19.4. The van der Waals surface area contributed by atoms with Crippen LogP contribution in [-0.2, 0) is 25.8 Å². The van der Waals surface area contributed by atoms with Crippen LogP contribution in [0.15, 0.2) is 102 Å². The van der Waals surface area contributed by atoms with Crippen molar-refractivity contribution in [1.29, 1.82) is 0 Å². The fourth-order valence-corrected chi connectivity index (χ4v) is 4.53. The first-order valence-corrected chi connectivity index (χ1v) is 11.8. The summed E-state index contributed by atoms with van der Waals surface area (Å²) in [7, 11) is 0. The highest BCUT2D eigenvalue weighted by Crippen LogP contribution is 2.30. The lowest BCUT2D eigenvalue weighted by atomic mass is 9.99. The van der Waals surface area contributed by atoms with Gasteiger partial charge in [-0.3, -0.25) is 9.36 Å². The fraction of sp³-hybridized carbons (Fsp3) is 0.133. The lowest BCUT2D eigenvalue weighted by molar-refractivity contribution is 0.476. The second-order valence-corrected chi connectivity index (χ2v) is 8.66. The maximum atomic E-state index is 14.0. The number of anilines is 1. The van der Waals surface area contributed by atoms with E-state index in [2.05, 4.69) is 12.1 Å². The van der Waals surface area contributed by atoms with Crippen molar-refractivity contribution >= 4 is 16.6 Å². The van der Waals surface area contributed by atoms with Crippen LogP contribution in [-0.4, -0.2) is 14.7 Å². The van der Waals surface area contributed by atoms with Crippen molar-refractivity contribution in [3.63, 3.8) is 0 Å². The Morgan fingerprint density at radius 1 is 0.743 bits per heavy atom. The molecule has 0 aliphatic heterocycles. The number of benzene rings is 4. The predicted molar refractivity (Wildman–Crippen MR) is 142 cm³/mol. The van der Waals surface area contributed by atoms with Gasteiger partial charge in [0.15, 0.2) is 0 Å². The molecule has 1 aromatic heterocycles. The van der Waals surface area contributed by atoms with E-state index in [1.54, 1.807) is 28.8 Å². The standard InChI is InChI=1S/C30H27N3O2/c31-25-17-18-26-28(23(25)16-15-21-9-3-1-4-10-21)30(35)33(20-19-22-11-5-2-6-12-22)29(32-26)24-13-7-8-14-27(24)34/h1-14,17-18,34H,15-16,19-20,31H2. The molecule has 0 aliphatic carbocycles. The SMILES string of the molecule is Nc1ccc2nc(-c3ccccc3O)n(CCc3ccccc3)c(=O)c2c1CCc1ccccc1. The lowest BCUT2D eigenvalue weighted by Gasteiger charge is -2.17. The highest BCUT2D eigenvalue weighted by atomic mass is 16.3. The summed E-state index contributed by atoms with van der Waals surface area (Å²) in [6, 6.07) is 30.8. The summed E-state index contributed by atoms with van der Waals surface area (Å²) in [5.74, 6) is 0.544. The molecule has 0 radical (unpaired) electrons. The van der Waals surface area contributed by atoms with E-state index in [4.69, 9.17) is 10.7 Å². The Bertz CT molecular complexity index is 1530. The number of phenolic OH excluding ortho intramolecular Hbond substituents is 1. The highest BCUT2D eigenvalue weighted by molar-refractivity contribution is 5.87. The predicted octanol–water partition coefficient (Wildman–Crippen LogP) is 5.38. The second-order valence-electron chi connectivity index (χ2n) is 8.66. The normalized spacial score (nSPS) is 11.1. The number of aromatic nitrogens is 2. The number of fused-ring (bicyclic) bond motifs is 1. The number of nitrogen functional groups attached to an aromatic ring is 1. The van der Waals surface area contributed by atoms with Crippen LogP contribution in [0.25, 0.3) is 22.3 Å². The Morgan fingerprint density at radius 3 is 2.06 bits per heavy atom. The molecule has 5 heteroatoms. The molecule has 0 atom stereocenters. The summed E-state index contributed by atoms with van der Waals surface area (Å²) in [4.78, 5) is 18.9. The summed E-state index contributed by atoms with van der Waals surface area (Å²) >= 11 is 0. The van der Waals surface area contributed by atoms with Crippen molar-refractivity contribution in [3.05, 3.63) is 124 Å². The Hall–Kier alpha value is -4.38. The zero-order valence-electron chi connectivity index (χ0n) is 19.4. The molecular formula is C30H27N3O2. The van der Waals surface area contributed by atoms with E-state index < -0.39 is 0 Å². The Morgan fingerprint density at radius 2 is 1.37 bits per heavy atom. The van der Waals surface area contributed by atoms with Gasteiger partial charge >= 0.3 is 0 Å². The average Bonchev–Trinajstić information content (AvgIpc) is 2.89. The lowest BCUT2D eigenvalue weighted by Crippen LogP contribution is -2.26.